The number of para-hydroxylation sites is 2. The van der Waals surface area contributed by atoms with Crippen molar-refractivity contribution in [1.29, 1.82) is 0 Å². The Kier molecular flexibility index (Phi) is 5.81. The fourth-order valence-electron chi connectivity index (χ4n) is 1.67. The van der Waals surface area contributed by atoms with E-state index in [1.54, 1.807) is 55.5 Å². The average Bonchev–Trinajstić information content (AvgIpc) is 2.56. The van der Waals surface area contributed by atoms with E-state index >= 15 is 0 Å². The van der Waals surface area contributed by atoms with Crippen LogP contribution >= 0.6 is 0 Å². The first-order chi connectivity index (χ1) is 11.2. The number of ether oxygens (including phenoxy) is 2. The molecule has 0 heterocycles. The van der Waals surface area contributed by atoms with Gasteiger partial charge in [-0.15, -0.1) is 0 Å². The Morgan fingerprint density at radius 3 is 2.43 bits per heavy atom. The topological polar surface area (TPSA) is 86.5 Å². The van der Waals surface area contributed by atoms with Gasteiger partial charge < -0.3 is 9.47 Å². The molecule has 0 fully saturated rings. The summed E-state index contributed by atoms with van der Waals surface area (Å²) < 4.78 is 10.1. The third-order valence-electron chi connectivity index (χ3n) is 2.61. The minimum absolute atomic E-state index is 0.220. The SMILES string of the molecule is CCOc1ccccc1C(=O)N=NOC(=O)Oc1ccccc1. The number of carbonyl (C=O) groups excluding carboxylic acids is 2. The van der Waals surface area contributed by atoms with Crippen LogP contribution in [-0.2, 0) is 4.84 Å². The number of hydrogen-bond donors (Lipinski definition) is 0. The van der Waals surface area contributed by atoms with E-state index in [4.69, 9.17) is 9.47 Å². The van der Waals surface area contributed by atoms with Gasteiger partial charge in [0, 0.05) is 5.28 Å². The molecule has 2 aromatic carbocycles. The molecular formula is C16H14N2O5. The highest BCUT2D eigenvalue weighted by molar-refractivity contribution is 5.97. The second-order valence-corrected chi connectivity index (χ2v) is 4.17. The Morgan fingerprint density at radius 2 is 1.70 bits per heavy atom. The van der Waals surface area contributed by atoms with Crippen molar-refractivity contribution in [2.45, 2.75) is 6.92 Å². The van der Waals surface area contributed by atoms with E-state index in [1.165, 1.54) is 6.07 Å². The minimum atomic E-state index is -1.09. The van der Waals surface area contributed by atoms with Gasteiger partial charge in [0.25, 0.3) is 0 Å². The zero-order valence-corrected chi connectivity index (χ0v) is 12.3. The summed E-state index contributed by atoms with van der Waals surface area (Å²) >= 11 is 0. The molecule has 0 aliphatic carbocycles. The summed E-state index contributed by atoms with van der Waals surface area (Å²) in [5.74, 6) is -0.0203. The van der Waals surface area contributed by atoms with Crippen molar-refractivity contribution >= 4 is 12.1 Å². The standard InChI is InChI=1S/C16H14N2O5/c1-2-21-14-11-7-6-10-13(14)15(19)17-18-23-16(20)22-12-8-4-3-5-9-12/h3-11H,2H2,1H3. The Bertz CT molecular complexity index is 701. The normalized spacial score (nSPS) is 10.3. The van der Waals surface area contributed by atoms with Crippen LogP contribution in [0.4, 0.5) is 4.79 Å². The fraction of sp³-hybridized carbons (Fsp3) is 0.125. The molecule has 0 aliphatic rings. The lowest BCUT2D eigenvalue weighted by Gasteiger charge is -2.05. The Hall–Kier alpha value is -3.22. The monoisotopic (exact) mass is 314 g/mol. The Balaban J connectivity index is 1.92. The van der Waals surface area contributed by atoms with Gasteiger partial charge in [0.1, 0.15) is 11.5 Å². The van der Waals surface area contributed by atoms with Crippen LogP contribution in [0, 0.1) is 0 Å². The average molecular weight is 314 g/mol. The Morgan fingerprint density at radius 1 is 1.00 bits per heavy atom. The molecule has 7 nitrogen and oxygen atoms in total. The molecule has 1 amide bonds. The quantitative estimate of drug-likeness (QED) is 0.362. The van der Waals surface area contributed by atoms with E-state index in [0.29, 0.717) is 18.1 Å². The number of benzene rings is 2. The highest BCUT2D eigenvalue weighted by Gasteiger charge is 2.12. The number of nitrogens with zero attached hydrogens (tertiary/aromatic N) is 2. The zero-order chi connectivity index (χ0) is 16.5. The van der Waals surface area contributed by atoms with Gasteiger partial charge in [-0.1, -0.05) is 35.4 Å². The molecule has 0 unspecified atom stereocenters. The highest BCUT2D eigenvalue weighted by atomic mass is 16.8. The van der Waals surface area contributed by atoms with Gasteiger partial charge in [0.05, 0.1) is 12.2 Å². The third kappa shape index (κ3) is 4.92. The van der Waals surface area contributed by atoms with Crippen LogP contribution in [0.2, 0.25) is 0 Å². The van der Waals surface area contributed by atoms with Crippen LogP contribution in [0.15, 0.2) is 65.0 Å². The largest absolute Gasteiger partial charge is 0.542 e. The first-order valence-corrected chi connectivity index (χ1v) is 6.81. The maximum absolute atomic E-state index is 11.9. The van der Waals surface area contributed by atoms with Gasteiger partial charge in [-0.05, 0) is 31.2 Å². The van der Waals surface area contributed by atoms with Crippen molar-refractivity contribution in [2.24, 2.45) is 10.4 Å². The number of carbonyl (C=O) groups is 2. The van der Waals surface area contributed by atoms with Crippen molar-refractivity contribution in [3.63, 3.8) is 0 Å². The van der Waals surface area contributed by atoms with Gasteiger partial charge in [0.15, 0.2) is 0 Å². The second-order valence-electron chi connectivity index (χ2n) is 4.17. The molecule has 0 N–H and O–H groups in total. The number of hydrogen-bond acceptors (Lipinski definition) is 6. The van der Waals surface area contributed by atoms with Crippen LogP contribution in [0.5, 0.6) is 11.5 Å². The summed E-state index contributed by atoms with van der Waals surface area (Å²) in [5.41, 5.74) is 0.220. The predicted molar refractivity (Wildman–Crippen MR) is 80.3 cm³/mol. The summed E-state index contributed by atoms with van der Waals surface area (Å²) in [7, 11) is 0. The molecular weight excluding hydrogens is 300 g/mol. The Labute approximate surface area is 132 Å². The lowest BCUT2D eigenvalue weighted by molar-refractivity contribution is 0.0851. The van der Waals surface area contributed by atoms with Crippen LogP contribution < -0.4 is 9.47 Å². The third-order valence-corrected chi connectivity index (χ3v) is 2.61. The van der Waals surface area contributed by atoms with E-state index in [1.807, 2.05) is 0 Å². The molecule has 118 valence electrons. The lowest BCUT2D eigenvalue weighted by atomic mass is 10.2. The van der Waals surface area contributed by atoms with Crippen molar-refractivity contribution in [3.05, 3.63) is 60.2 Å². The molecule has 0 radical (unpaired) electrons. The molecule has 0 aromatic heterocycles. The van der Waals surface area contributed by atoms with Crippen molar-refractivity contribution < 1.29 is 23.9 Å². The van der Waals surface area contributed by atoms with Crippen molar-refractivity contribution in [1.82, 2.24) is 0 Å². The van der Waals surface area contributed by atoms with Crippen molar-refractivity contribution in [2.75, 3.05) is 6.61 Å². The predicted octanol–water partition coefficient (Wildman–Crippen LogP) is 3.81. The van der Waals surface area contributed by atoms with Crippen LogP contribution in [0.1, 0.15) is 17.3 Å². The van der Waals surface area contributed by atoms with E-state index in [2.05, 4.69) is 15.2 Å². The van der Waals surface area contributed by atoms with E-state index in [-0.39, 0.29) is 5.56 Å². The molecule has 0 saturated carbocycles. The molecule has 2 aromatic rings. The van der Waals surface area contributed by atoms with Crippen LogP contribution in [0.3, 0.4) is 0 Å². The van der Waals surface area contributed by atoms with Gasteiger partial charge in [-0.2, -0.15) is 0 Å². The minimum Gasteiger partial charge on any atom is -0.493 e. The first kappa shape index (κ1) is 16.2. The lowest BCUT2D eigenvalue weighted by Crippen LogP contribution is -2.07. The highest BCUT2D eigenvalue weighted by Crippen LogP contribution is 2.19. The smallest absolute Gasteiger partial charge is 0.493 e. The molecule has 0 atom stereocenters. The maximum Gasteiger partial charge on any atom is 0.542 e. The molecule has 23 heavy (non-hydrogen) atoms. The maximum atomic E-state index is 11.9. The number of amides is 1. The van der Waals surface area contributed by atoms with Gasteiger partial charge >= 0.3 is 12.1 Å². The summed E-state index contributed by atoms with van der Waals surface area (Å²) in [6.45, 7) is 2.20. The summed E-state index contributed by atoms with van der Waals surface area (Å²) in [6, 6.07) is 14.9. The van der Waals surface area contributed by atoms with Crippen LogP contribution in [0.25, 0.3) is 0 Å². The molecule has 0 aliphatic heterocycles. The summed E-state index contributed by atoms with van der Waals surface area (Å²) in [5, 5.41) is 6.39. The molecule has 7 heteroatoms. The van der Waals surface area contributed by atoms with Gasteiger partial charge in [0.2, 0.25) is 0 Å². The number of rotatable bonds is 5. The fourth-order valence-corrected chi connectivity index (χ4v) is 1.67. The summed E-state index contributed by atoms with van der Waals surface area (Å²) in [6.07, 6.45) is -1.09. The molecule has 0 spiro atoms. The van der Waals surface area contributed by atoms with E-state index in [0.717, 1.165) is 0 Å². The van der Waals surface area contributed by atoms with Gasteiger partial charge in [-0.25, -0.2) is 4.79 Å². The van der Waals surface area contributed by atoms with Crippen molar-refractivity contribution in [3.8, 4) is 11.5 Å². The van der Waals surface area contributed by atoms with Gasteiger partial charge in [-0.3, -0.25) is 9.63 Å². The van der Waals surface area contributed by atoms with E-state index < -0.39 is 12.1 Å². The molecule has 0 bridgehead atoms. The molecule has 2 rings (SSSR count). The van der Waals surface area contributed by atoms with E-state index in [9.17, 15) is 9.59 Å². The van der Waals surface area contributed by atoms with Crippen LogP contribution in [-0.4, -0.2) is 18.7 Å². The first-order valence-electron chi connectivity index (χ1n) is 6.81. The molecule has 0 saturated heterocycles. The summed E-state index contributed by atoms with van der Waals surface area (Å²) in [4.78, 5) is 27.6. The second kappa shape index (κ2) is 8.28. The zero-order valence-electron chi connectivity index (χ0n) is 12.3.